The molecule has 0 amide bonds. The van der Waals surface area contributed by atoms with Crippen LogP contribution in [0.1, 0.15) is 57.4 Å². The highest BCUT2D eigenvalue weighted by Gasteiger charge is 2.31. The van der Waals surface area contributed by atoms with Crippen LogP contribution >= 0.6 is 0 Å². The number of rotatable bonds is 5. The first-order valence-corrected chi connectivity index (χ1v) is 7.68. The normalized spacial score (nSPS) is 27.4. The van der Waals surface area contributed by atoms with E-state index in [0.717, 1.165) is 25.2 Å². The molecule has 1 aromatic rings. The van der Waals surface area contributed by atoms with Gasteiger partial charge in [0.25, 0.3) is 0 Å². The van der Waals surface area contributed by atoms with Crippen molar-refractivity contribution < 1.29 is 5.11 Å². The number of phenols is 1. The van der Waals surface area contributed by atoms with Crippen molar-refractivity contribution in [3.63, 3.8) is 0 Å². The molecule has 19 heavy (non-hydrogen) atoms. The Morgan fingerprint density at radius 1 is 1.21 bits per heavy atom. The maximum Gasteiger partial charge on any atom is 0.115 e. The summed E-state index contributed by atoms with van der Waals surface area (Å²) in [5, 5.41) is 9.31. The second-order valence-corrected chi connectivity index (χ2v) is 6.29. The molecular formula is C17H27NO. The summed E-state index contributed by atoms with van der Waals surface area (Å²) in [4.78, 5) is 0. The van der Waals surface area contributed by atoms with Gasteiger partial charge in [0.05, 0.1) is 0 Å². The van der Waals surface area contributed by atoms with Gasteiger partial charge in [0.15, 0.2) is 0 Å². The van der Waals surface area contributed by atoms with E-state index < -0.39 is 0 Å². The first-order chi connectivity index (χ1) is 9.11. The third kappa shape index (κ3) is 4.24. The molecule has 1 fully saturated rings. The summed E-state index contributed by atoms with van der Waals surface area (Å²) in [6.45, 7) is 2.26. The largest absolute Gasteiger partial charge is 0.508 e. The predicted octanol–water partition coefficient (Wildman–Crippen LogP) is 4.01. The van der Waals surface area contributed by atoms with E-state index in [9.17, 15) is 5.11 Å². The van der Waals surface area contributed by atoms with Crippen LogP contribution in [0.2, 0.25) is 0 Å². The average Bonchev–Trinajstić information content (AvgIpc) is 2.41. The Bertz CT molecular complexity index is 377. The number of hydrogen-bond acceptors (Lipinski definition) is 2. The van der Waals surface area contributed by atoms with Crippen molar-refractivity contribution >= 4 is 0 Å². The van der Waals surface area contributed by atoms with E-state index in [0.29, 0.717) is 5.75 Å². The average molecular weight is 261 g/mol. The highest BCUT2D eigenvalue weighted by molar-refractivity contribution is 5.27. The molecule has 0 aliphatic heterocycles. The van der Waals surface area contributed by atoms with Crippen LogP contribution in [0.3, 0.4) is 0 Å². The van der Waals surface area contributed by atoms with Gasteiger partial charge in [-0.05, 0) is 55.7 Å². The zero-order chi connectivity index (χ0) is 13.7. The molecule has 0 atom stereocenters. The summed E-state index contributed by atoms with van der Waals surface area (Å²) < 4.78 is 0. The van der Waals surface area contributed by atoms with Gasteiger partial charge < -0.3 is 10.8 Å². The van der Waals surface area contributed by atoms with Crippen LogP contribution < -0.4 is 5.73 Å². The van der Waals surface area contributed by atoms with Crippen LogP contribution in [0.15, 0.2) is 24.3 Å². The molecule has 1 aromatic carbocycles. The monoisotopic (exact) mass is 261 g/mol. The molecule has 0 spiro atoms. The Morgan fingerprint density at radius 2 is 1.84 bits per heavy atom. The van der Waals surface area contributed by atoms with Gasteiger partial charge in [-0.3, -0.25) is 0 Å². The molecule has 0 unspecified atom stereocenters. The van der Waals surface area contributed by atoms with Crippen molar-refractivity contribution in [3.05, 3.63) is 29.8 Å². The second-order valence-electron chi connectivity index (χ2n) is 6.29. The van der Waals surface area contributed by atoms with E-state index in [-0.39, 0.29) is 5.54 Å². The van der Waals surface area contributed by atoms with Crippen LogP contribution in [0.25, 0.3) is 0 Å². The van der Waals surface area contributed by atoms with E-state index in [4.69, 9.17) is 5.73 Å². The number of unbranched alkanes of at least 4 members (excludes halogenated alkanes) is 1. The van der Waals surface area contributed by atoms with Gasteiger partial charge in [0, 0.05) is 5.54 Å². The Hall–Kier alpha value is -1.02. The van der Waals surface area contributed by atoms with Gasteiger partial charge >= 0.3 is 0 Å². The minimum atomic E-state index is -0.0281. The van der Waals surface area contributed by atoms with Crippen LogP contribution in [-0.2, 0) is 6.42 Å². The summed E-state index contributed by atoms with van der Waals surface area (Å²) in [6, 6.07) is 7.50. The fourth-order valence-electron chi connectivity index (χ4n) is 3.23. The van der Waals surface area contributed by atoms with E-state index >= 15 is 0 Å². The van der Waals surface area contributed by atoms with Gasteiger partial charge in [0.2, 0.25) is 0 Å². The molecule has 0 saturated heterocycles. The lowest BCUT2D eigenvalue weighted by atomic mass is 9.73. The van der Waals surface area contributed by atoms with Gasteiger partial charge in [-0.1, -0.05) is 38.3 Å². The Morgan fingerprint density at radius 3 is 2.42 bits per heavy atom. The Labute approximate surface area is 117 Å². The topological polar surface area (TPSA) is 46.2 Å². The molecular weight excluding hydrogens is 234 g/mol. The van der Waals surface area contributed by atoms with Crippen molar-refractivity contribution in [2.45, 2.75) is 63.8 Å². The standard InChI is InChI=1S/C17H27NO/c1-2-3-4-14-9-11-17(18,12-10-14)13-15-5-7-16(19)8-6-15/h5-8,14,19H,2-4,9-13,18H2,1H3. The van der Waals surface area contributed by atoms with Gasteiger partial charge in [0.1, 0.15) is 5.75 Å². The molecule has 3 N–H and O–H groups in total. The summed E-state index contributed by atoms with van der Waals surface area (Å²) in [6.07, 6.45) is 9.84. The predicted molar refractivity (Wildman–Crippen MR) is 80.2 cm³/mol. The number of nitrogens with two attached hydrogens (primary N) is 1. The summed E-state index contributed by atoms with van der Waals surface area (Å²) in [5.41, 5.74) is 7.77. The molecule has 0 bridgehead atoms. The number of benzene rings is 1. The molecule has 0 radical (unpaired) electrons. The quantitative estimate of drug-likeness (QED) is 0.841. The summed E-state index contributed by atoms with van der Waals surface area (Å²) in [5.74, 6) is 1.23. The lowest BCUT2D eigenvalue weighted by Crippen LogP contribution is -2.45. The number of aromatic hydroxyl groups is 1. The molecule has 2 rings (SSSR count). The molecule has 106 valence electrons. The maximum absolute atomic E-state index is 9.31. The highest BCUT2D eigenvalue weighted by Crippen LogP contribution is 2.35. The van der Waals surface area contributed by atoms with Gasteiger partial charge in [-0.2, -0.15) is 0 Å². The molecule has 2 heteroatoms. The van der Waals surface area contributed by atoms with Crippen LogP contribution in [0.5, 0.6) is 5.75 Å². The molecule has 1 aliphatic rings. The van der Waals surface area contributed by atoms with Crippen molar-refractivity contribution in [2.24, 2.45) is 11.7 Å². The molecule has 1 aliphatic carbocycles. The maximum atomic E-state index is 9.31. The first-order valence-electron chi connectivity index (χ1n) is 7.68. The fourth-order valence-corrected chi connectivity index (χ4v) is 3.23. The van der Waals surface area contributed by atoms with Crippen molar-refractivity contribution in [1.82, 2.24) is 0 Å². The zero-order valence-corrected chi connectivity index (χ0v) is 12.1. The third-order valence-corrected chi connectivity index (χ3v) is 4.56. The SMILES string of the molecule is CCCCC1CCC(N)(Cc2ccc(O)cc2)CC1. The Balaban J connectivity index is 1.85. The minimum Gasteiger partial charge on any atom is -0.508 e. The van der Waals surface area contributed by atoms with Crippen LogP contribution in [0.4, 0.5) is 0 Å². The van der Waals surface area contributed by atoms with E-state index in [1.54, 1.807) is 12.1 Å². The molecule has 0 aromatic heterocycles. The highest BCUT2D eigenvalue weighted by atomic mass is 16.3. The van der Waals surface area contributed by atoms with Crippen molar-refractivity contribution in [2.75, 3.05) is 0 Å². The minimum absolute atomic E-state index is 0.0281. The van der Waals surface area contributed by atoms with Crippen LogP contribution in [-0.4, -0.2) is 10.6 Å². The molecule has 2 nitrogen and oxygen atoms in total. The van der Waals surface area contributed by atoms with Gasteiger partial charge in [-0.15, -0.1) is 0 Å². The van der Waals surface area contributed by atoms with E-state index in [1.807, 2.05) is 12.1 Å². The zero-order valence-electron chi connectivity index (χ0n) is 12.1. The van der Waals surface area contributed by atoms with Crippen LogP contribution in [0, 0.1) is 5.92 Å². The van der Waals surface area contributed by atoms with E-state index in [1.165, 1.54) is 37.7 Å². The summed E-state index contributed by atoms with van der Waals surface area (Å²) >= 11 is 0. The second kappa shape index (κ2) is 6.42. The molecule has 1 saturated carbocycles. The number of phenolic OH excluding ortho intramolecular Hbond substituents is 1. The smallest absolute Gasteiger partial charge is 0.115 e. The van der Waals surface area contributed by atoms with Gasteiger partial charge in [-0.25, -0.2) is 0 Å². The fraction of sp³-hybridized carbons (Fsp3) is 0.647. The van der Waals surface area contributed by atoms with Crippen molar-refractivity contribution in [1.29, 1.82) is 0 Å². The lowest BCUT2D eigenvalue weighted by Gasteiger charge is -2.37. The van der Waals surface area contributed by atoms with E-state index in [2.05, 4.69) is 6.92 Å². The third-order valence-electron chi connectivity index (χ3n) is 4.56. The van der Waals surface area contributed by atoms with Crippen molar-refractivity contribution in [3.8, 4) is 5.75 Å². The molecule has 0 heterocycles. The Kier molecular flexibility index (Phi) is 4.87. The lowest BCUT2D eigenvalue weighted by molar-refractivity contribution is 0.221. The first kappa shape index (κ1) is 14.4. The number of hydrogen-bond donors (Lipinski definition) is 2. The summed E-state index contributed by atoms with van der Waals surface area (Å²) in [7, 11) is 0.